The Balaban J connectivity index is 2.69. The number of hydrogen-bond acceptors (Lipinski definition) is 2. The third-order valence-electron chi connectivity index (χ3n) is 3.52. The van der Waals surface area contributed by atoms with Crippen LogP contribution in [0.1, 0.15) is 52.7 Å². The zero-order chi connectivity index (χ0) is 14.4. The molecule has 2 rings (SSSR count). The van der Waals surface area contributed by atoms with Gasteiger partial charge in [0.25, 0.3) is 0 Å². The van der Waals surface area contributed by atoms with Crippen molar-refractivity contribution in [1.82, 2.24) is 4.98 Å². The summed E-state index contributed by atoms with van der Waals surface area (Å²) in [6.45, 7) is 13.2. The monoisotopic (exact) mass is 256 g/mol. The lowest BCUT2D eigenvalue weighted by molar-refractivity contribution is 0.589. The molecule has 0 aliphatic rings. The molecule has 0 saturated heterocycles. The van der Waals surface area contributed by atoms with Gasteiger partial charge in [-0.3, -0.25) is 0 Å². The summed E-state index contributed by atoms with van der Waals surface area (Å²) in [5.74, 6) is 0.642. The van der Waals surface area contributed by atoms with E-state index in [9.17, 15) is 0 Å². The topological polar surface area (TPSA) is 38.9 Å². The van der Waals surface area contributed by atoms with Crippen molar-refractivity contribution in [3.8, 4) is 0 Å². The molecule has 2 heteroatoms. The summed E-state index contributed by atoms with van der Waals surface area (Å²) in [6, 6.07) is 8.63. The molecule has 2 aromatic rings. The van der Waals surface area contributed by atoms with Crippen molar-refractivity contribution >= 4 is 16.7 Å². The summed E-state index contributed by atoms with van der Waals surface area (Å²) in [7, 11) is 0. The van der Waals surface area contributed by atoms with Crippen LogP contribution in [0.25, 0.3) is 10.9 Å². The number of fused-ring (bicyclic) bond motifs is 1. The first kappa shape index (κ1) is 13.9. The van der Waals surface area contributed by atoms with Crippen molar-refractivity contribution in [3.63, 3.8) is 0 Å². The number of benzene rings is 1. The van der Waals surface area contributed by atoms with Crippen LogP contribution in [0.4, 0.5) is 5.82 Å². The maximum atomic E-state index is 6.09. The number of nitrogens with zero attached hydrogens (tertiary/aromatic N) is 1. The highest BCUT2D eigenvalue weighted by Gasteiger charge is 2.19. The second kappa shape index (κ2) is 4.22. The normalized spacial score (nSPS) is 12.9. The average molecular weight is 256 g/mol. The van der Waals surface area contributed by atoms with E-state index in [1.807, 2.05) is 0 Å². The number of anilines is 1. The summed E-state index contributed by atoms with van der Waals surface area (Å²) in [4.78, 5) is 4.54. The van der Waals surface area contributed by atoms with Crippen molar-refractivity contribution in [2.24, 2.45) is 0 Å². The van der Waals surface area contributed by atoms with Gasteiger partial charge >= 0.3 is 0 Å². The Morgan fingerprint density at radius 3 is 2.05 bits per heavy atom. The Bertz CT molecular complexity index is 613. The summed E-state index contributed by atoms with van der Waals surface area (Å²) >= 11 is 0. The molecule has 0 aliphatic heterocycles. The van der Waals surface area contributed by atoms with E-state index in [0.717, 1.165) is 11.1 Å². The molecule has 2 N–H and O–H groups in total. The second-order valence-electron chi connectivity index (χ2n) is 7.33. The number of nitrogen functional groups attached to an aromatic ring is 1. The van der Waals surface area contributed by atoms with E-state index in [2.05, 4.69) is 70.8 Å². The highest BCUT2D eigenvalue weighted by atomic mass is 14.8. The summed E-state index contributed by atoms with van der Waals surface area (Å²) < 4.78 is 0. The van der Waals surface area contributed by atoms with Gasteiger partial charge < -0.3 is 5.73 Å². The molecule has 1 aromatic heterocycles. The minimum Gasteiger partial charge on any atom is -0.383 e. The predicted octanol–water partition coefficient (Wildman–Crippen LogP) is 4.41. The predicted molar refractivity (Wildman–Crippen MR) is 83.6 cm³/mol. The van der Waals surface area contributed by atoms with E-state index in [4.69, 9.17) is 5.73 Å². The largest absolute Gasteiger partial charge is 0.383 e. The zero-order valence-corrected chi connectivity index (χ0v) is 12.8. The Morgan fingerprint density at radius 1 is 0.895 bits per heavy atom. The molecular weight excluding hydrogens is 232 g/mol. The van der Waals surface area contributed by atoms with Crippen LogP contribution in [0.5, 0.6) is 0 Å². The molecule has 0 unspecified atom stereocenters. The lowest BCUT2D eigenvalue weighted by Gasteiger charge is -2.22. The summed E-state index contributed by atoms with van der Waals surface area (Å²) in [6.07, 6.45) is 0. The van der Waals surface area contributed by atoms with Crippen LogP contribution in [-0.4, -0.2) is 4.98 Å². The van der Waals surface area contributed by atoms with E-state index in [1.165, 1.54) is 10.9 Å². The molecule has 0 radical (unpaired) electrons. The average Bonchev–Trinajstić information content (AvgIpc) is 2.24. The lowest BCUT2D eigenvalue weighted by atomic mass is 9.84. The van der Waals surface area contributed by atoms with Gasteiger partial charge in [0.15, 0.2) is 0 Å². The van der Waals surface area contributed by atoms with Crippen LogP contribution in [0.3, 0.4) is 0 Å². The summed E-state index contributed by atoms with van der Waals surface area (Å²) in [5.41, 5.74) is 9.67. The Kier molecular flexibility index (Phi) is 3.08. The Labute approximate surface area is 116 Å². The van der Waals surface area contributed by atoms with Crippen LogP contribution in [0, 0.1) is 0 Å². The fraction of sp³-hybridized carbons (Fsp3) is 0.471. The molecule has 1 heterocycles. The third kappa shape index (κ3) is 2.73. The van der Waals surface area contributed by atoms with Crippen LogP contribution >= 0.6 is 0 Å². The fourth-order valence-electron chi connectivity index (χ4n) is 2.26. The van der Waals surface area contributed by atoms with Gasteiger partial charge in [0.1, 0.15) is 5.82 Å². The first-order chi connectivity index (χ1) is 8.59. The number of rotatable bonds is 0. The first-order valence-electron chi connectivity index (χ1n) is 6.80. The summed E-state index contributed by atoms with van der Waals surface area (Å²) in [5, 5.41) is 1.17. The van der Waals surface area contributed by atoms with E-state index in [1.54, 1.807) is 0 Å². The maximum absolute atomic E-state index is 6.09. The molecule has 19 heavy (non-hydrogen) atoms. The fourth-order valence-corrected chi connectivity index (χ4v) is 2.26. The van der Waals surface area contributed by atoms with Gasteiger partial charge in [-0.05, 0) is 34.6 Å². The first-order valence-corrected chi connectivity index (χ1v) is 6.80. The van der Waals surface area contributed by atoms with E-state index in [-0.39, 0.29) is 10.8 Å². The quantitative estimate of drug-likeness (QED) is 0.758. The molecule has 102 valence electrons. The molecule has 0 saturated carbocycles. The highest BCUT2D eigenvalue weighted by molar-refractivity contribution is 5.82. The van der Waals surface area contributed by atoms with Crippen molar-refractivity contribution in [3.05, 3.63) is 35.4 Å². The van der Waals surface area contributed by atoms with Gasteiger partial charge in [0.05, 0.1) is 5.52 Å². The second-order valence-corrected chi connectivity index (χ2v) is 7.33. The van der Waals surface area contributed by atoms with E-state index in [0.29, 0.717) is 5.82 Å². The number of nitrogens with two attached hydrogens (primary N) is 1. The van der Waals surface area contributed by atoms with Crippen LogP contribution in [0.15, 0.2) is 24.3 Å². The van der Waals surface area contributed by atoms with E-state index >= 15 is 0 Å². The van der Waals surface area contributed by atoms with Crippen molar-refractivity contribution in [1.29, 1.82) is 0 Å². The number of hydrogen-bond donors (Lipinski definition) is 1. The third-order valence-corrected chi connectivity index (χ3v) is 3.52. The molecule has 2 nitrogen and oxygen atoms in total. The smallest absolute Gasteiger partial charge is 0.127 e. The molecule has 0 fully saturated rings. The molecule has 0 atom stereocenters. The van der Waals surface area contributed by atoms with Gasteiger partial charge in [-0.2, -0.15) is 0 Å². The number of aromatic nitrogens is 1. The van der Waals surface area contributed by atoms with Gasteiger partial charge in [-0.25, -0.2) is 4.98 Å². The highest BCUT2D eigenvalue weighted by Crippen LogP contribution is 2.31. The lowest BCUT2D eigenvalue weighted by Crippen LogP contribution is -2.15. The minimum absolute atomic E-state index is 0.0169. The molecular formula is C17H24N2. The van der Waals surface area contributed by atoms with Crippen molar-refractivity contribution < 1.29 is 0 Å². The van der Waals surface area contributed by atoms with Crippen LogP contribution < -0.4 is 5.73 Å². The van der Waals surface area contributed by atoms with Crippen LogP contribution in [-0.2, 0) is 10.8 Å². The van der Waals surface area contributed by atoms with Gasteiger partial charge in [0, 0.05) is 10.9 Å². The van der Waals surface area contributed by atoms with Crippen molar-refractivity contribution in [2.45, 2.75) is 52.4 Å². The zero-order valence-electron chi connectivity index (χ0n) is 12.8. The maximum Gasteiger partial charge on any atom is 0.127 e. The standard InChI is InChI=1S/C17H24N2/c1-16(2,3)12-7-8-14-11(9-12)10-13(15(18)19-14)17(4,5)6/h7-10H,1-6H3,(H2,18,19). The minimum atomic E-state index is 0.0169. The molecule has 0 aliphatic carbocycles. The Hall–Kier alpha value is -1.57. The number of pyridine rings is 1. The molecule has 0 spiro atoms. The molecule has 1 aromatic carbocycles. The molecule has 0 amide bonds. The van der Waals surface area contributed by atoms with Gasteiger partial charge in [-0.1, -0.05) is 47.6 Å². The van der Waals surface area contributed by atoms with Gasteiger partial charge in [-0.15, -0.1) is 0 Å². The van der Waals surface area contributed by atoms with Crippen molar-refractivity contribution in [2.75, 3.05) is 5.73 Å². The van der Waals surface area contributed by atoms with Gasteiger partial charge in [0.2, 0.25) is 0 Å². The van der Waals surface area contributed by atoms with E-state index < -0.39 is 0 Å². The molecule has 0 bridgehead atoms. The van der Waals surface area contributed by atoms with Crippen LogP contribution in [0.2, 0.25) is 0 Å². The Morgan fingerprint density at radius 2 is 1.53 bits per heavy atom. The SMILES string of the molecule is CC(C)(C)c1ccc2nc(N)c(C(C)(C)C)cc2c1.